The van der Waals surface area contributed by atoms with Gasteiger partial charge in [0.05, 0.1) is 9.73 Å². The molecule has 13 heavy (non-hydrogen) atoms. The van der Waals surface area contributed by atoms with Crippen LogP contribution in [0.4, 0.5) is 0 Å². The molecule has 72 valence electrons. The summed E-state index contributed by atoms with van der Waals surface area (Å²) in [4.78, 5) is 0.353. The molecule has 0 aliphatic rings. The third kappa shape index (κ3) is 2.30. The fourth-order valence-electron chi connectivity index (χ4n) is 0.834. The lowest BCUT2D eigenvalue weighted by Gasteiger charge is -2.09. The van der Waals surface area contributed by atoms with Crippen molar-refractivity contribution in [3.8, 4) is 0 Å². The Balaban J connectivity index is 3.17. The van der Waals surface area contributed by atoms with Gasteiger partial charge in [-0.3, -0.25) is 0 Å². The van der Waals surface area contributed by atoms with Gasteiger partial charge in [0.1, 0.15) is 5.44 Å². The molecule has 1 rings (SSSR count). The van der Waals surface area contributed by atoms with Crippen LogP contribution >= 0.6 is 15.9 Å². The molecule has 0 saturated carbocycles. The van der Waals surface area contributed by atoms with E-state index in [9.17, 15) is 4.21 Å². The van der Waals surface area contributed by atoms with E-state index >= 15 is 0 Å². The topological polar surface area (TPSA) is 61.1 Å². The number of nitrogens with one attached hydrogen (secondary N) is 1. The molecule has 0 radical (unpaired) electrons. The van der Waals surface area contributed by atoms with Crippen molar-refractivity contribution in [1.82, 2.24) is 0 Å². The zero-order valence-corrected chi connectivity index (χ0v) is 9.43. The van der Waals surface area contributed by atoms with Gasteiger partial charge >= 0.3 is 0 Å². The first kappa shape index (κ1) is 10.7. The van der Waals surface area contributed by atoms with Gasteiger partial charge in [0.25, 0.3) is 0 Å². The average molecular weight is 264 g/mol. The van der Waals surface area contributed by atoms with E-state index in [0.29, 0.717) is 4.90 Å². The van der Waals surface area contributed by atoms with Gasteiger partial charge in [0.2, 0.25) is 0 Å². The minimum absolute atomic E-state index is 0.353. The Kier molecular flexibility index (Phi) is 3.10. The molecule has 0 bridgehead atoms. The molecule has 2 unspecified atom stereocenters. The Morgan fingerprint density at radius 2 is 1.92 bits per heavy atom. The number of benzene rings is 1. The molecule has 5 heteroatoms. The Morgan fingerprint density at radius 1 is 1.46 bits per heavy atom. The Morgan fingerprint density at radius 3 is 2.31 bits per heavy atom. The van der Waals surface area contributed by atoms with Crippen molar-refractivity contribution >= 4 is 25.7 Å². The highest BCUT2D eigenvalue weighted by molar-refractivity contribution is 9.10. The highest BCUT2D eigenvalue weighted by atomic mass is 79.9. The quantitative estimate of drug-likeness (QED) is 0.860. The summed E-state index contributed by atoms with van der Waals surface area (Å²) in [7, 11) is -3.06. The molecule has 0 heterocycles. The van der Waals surface area contributed by atoms with Gasteiger partial charge in [-0.2, -0.15) is 0 Å². The van der Waals surface area contributed by atoms with E-state index in [1.807, 2.05) is 0 Å². The van der Waals surface area contributed by atoms with E-state index < -0.39 is 15.2 Å². The van der Waals surface area contributed by atoms with Gasteiger partial charge in [0, 0.05) is 9.37 Å². The molecule has 0 fully saturated rings. The number of hydrogen-bond donors (Lipinski definition) is 2. The van der Waals surface area contributed by atoms with Crippen molar-refractivity contribution in [2.45, 2.75) is 17.3 Å². The molecular weight excluding hydrogens is 254 g/mol. The minimum atomic E-state index is -3.06. The van der Waals surface area contributed by atoms with Crippen LogP contribution < -0.4 is 0 Å². The first-order valence-corrected chi connectivity index (χ1v) is 6.07. The van der Waals surface area contributed by atoms with E-state index in [1.54, 1.807) is 24.3 Å². The van der Waals surface area contributed by atoms with Crippen molar-refractivity contribution in [3.63, 3.8) is 0 Å². The Bertz CT molecular complexity index is 383. The van der Waals surface area contributed by atoms with Crippen molar-refractivity contribution in [1.29, 1.82) is 4.78 Å². The van der Waals surface area contributed by atoms with Gasteiger partial charge in [0.15, 0.2) is 0 Å². The fourth-order valence-corrected chi connectivity index (χ4v) is 2.03. The van der Waals surface area contributed by atoms with E-state index in [-0.39, 0.29) is 0 Å². The van der Waals surface area contributed by atoms with Crippen LogP contribution in [-0.2, 0) is 9.73 Å². The minimum Gasteiger partial charge on any atom is -0.379 e. The van der Waals surface area contributed by atoms with Gasteiger partial charge in [-0.05, 0) is 31.2 Å². The molecule has 0 amide bonds. The van der Waals surface area contributed by atoms with Crippen LogP contribution in [0.25, 0.3) is 0 Å². The molecular formula is C8H10BrNO2S. The summed E-state index contributed by atoms with van der Waals surface area (Å²) in [5.74, 6) is 0. The van der Waals surface area contributed by atoms with Crippen molar-refractivity contribution in [3.05, 3.63) is 28.7 Å². The van der Waals surface area contributed by atoms with E-state index in [0.717, 1.165) is 4.47 Å². The van der Waals surface area contributed by atoms with Crippen molar-refractivity contribution in [2.75, 3.05) is 0 Å². The highest BCUT2D eigenvalue weighted by Crippen LogP contribution is 2.18. The maximum absolute atomic E-state index is 11.6. The van der Waals surface area contributed by atoms with E-state index in [2.05, 4.69) is 15.9 Å². The first-order valence-electron chi connectivity index (χ1n) is 3.66. The zero-order valence-electron chi connectivity index (χ0n) is 7.03. The second-order valence-corrected chi connectivity index (χ2v) is 5.92. The zero-order chi connectivity index (χ0) is 10.1. The fraction of sp³-hybridized carbons (Fsp3) is 0.250. The number of halogens is 1. The lowest BCUT2D eigenvalue weighted by atomic mass is 10.4. The smallest absolute Gasteiger partial charge is 0.138 e. The average Bonchev–Trinajstić information content (AvgIpc) is 2.04. The molecule has 1 aromatic rings. The van der Waals surface area contributed by atoms with Crippen LogP contribution in [0.3, 0.4) is 0 Å². The monoisotopic (exact) mass is 263 g/mol. The van der Waals surface area contributed by atoms with Crippen LogP contribution in [0.5, 0.6) is 0 Å². The van der Waals surface area contributed by atoms with Crippen molar-refractivity contribution in [2.24, 2.45) is 0 Å². The first-order chi connectivity index (χ1) is 5.94. The van der Waals surface area contributed by atoms with Crippen LogP contribution in [0.1, 0.15) is 6.92 Å². The van der Waals surface area contributed by atoms with Crippen LogP contribution in [0.2, 0.25) is 0 Å². The predicted octanol–water partition coefficient (Wildman–Crippen LogP) is 2.19. The summed E-state index contributed by atoms with van der Waals surface area (Å²) in [6, 6.07) is 6.55. The predicted molar refractivity (Wildman–Crippen MR) is 55.0 cm³/mol. The van der Waals surface area contributed by atoms with Gasteiger partial charge in [-0.15, -0.1) is 0 Å². The second kappa shape index (κ2) is 3.77. The molecule has 0 aliphatic carbocycles. The number of rotatable bonds is 2. The summed E-state index contributed by atoms with van der Waals surface area (Å²) in [6.45, 7) is 1.36. The number of aliphatic hydroxyl groups excluding tert-OH is 1. The lowest BCUT2D eigenvalue weighted by molar-refractivity contribution is 0.274. The third-order valence-electron chi connectivity index (χ3n) is 1.64. The third-order valence-corrected chi connectivity index (χ3v) is 4.11. The van der Waals surface area contributed by atoms with Gasteiger partial charge < -0.3 is 5.11 Å². The molecule has 0 saturated heterocycles. The maximum atomic E-state index is 11.6. The molecule has 3 nitrogen and oxygen atoms in total. The lowest BCUT2D eigenvalue weighted by Crippen LogP contribution is -2.15. The van der Waals surface area contributed by atoms with Crippen LogP contribution in [0.15, 0.2) is 33.6 Å². The molecule has 0 spiro atoms. The molecule has 2 N–H and O–H groups in total. The summed E-state index contributed by atoms with van der Waals surface area (Å²) in [5.41, 5.74) is -1.14. The summed E-state index contributed by atoms with van der Waals surface area (Å²) >= 11 is 3.23. The maximum Gasteiger partial charge on any atom is 0.138 e. The Hall–Kier alpha value is -0.390. The number of aliphatic hydroxyl groups is 1. The van der Waals surface area contributed by atoms with E-state index in [1.165, 1.54) is 6.92 Å². The standard InChI is InChI=1S/C8H10BrNO2S/c1-6(11)13(10,12)8-4-2-7(9)3-5-8/h2-6,10-11H,1H3. The number of hydrogen-bond acceptors (Lipinski definition) is 3. The van der Waals surface area contributed by atoms with Crippen molar-refractivity contribution < 1.29 is 9.32 Å². The molecule has 0 aliphatic heterocycles. The molecule has 0 aromatic heterocycles. The van der Waals surface area contributed by atoms with E-state index in [4.69, 9.17) is 9.89 Å². The summed E-state index contributed by atoms with van der Waals surface area (Å²) in [6.07, 6.45) is 0. The summed E-state index contributed by atoms with van der Waals surface area (Å²) in [5, 5.41) is 9.13. The molecule has 2 atom stereocenters. The van der Waals surface area contributed by atoms with Gasteiger partial charge in [-0.1, -0.05) is 15.9 Å². The SMILES string of the molecule is CC(O)S(=N)(=O)c1ccc(Br)cc1. The van der Waals surface area contributed by atoms with Crippen LogP contribution in [-0.4, -0.2) is 14.8 Å². The normalized spacial score (nSPS) is 17.8. The Labute approximate surface area is 85.9 Å². The van der Waals surface area contributed by atoms with Gasteiger partial charge in [-0.25, -0.2) is 8.99 Å². The second-order valence-electron chi connectivity index (χ2n) is 2.65. The largest absolute Gasteiger partial charge is 0.379 e. The van der Waals surface area contributed by atoms with Crippen LogP contribution in [0, 0.1) is 4.78 Å². The highest BCUT2D eigenvalue weighted by Gasteiger charge is 2.15. The molecule has 1 aromatic carbocycles. The summed E-state index contributed by atoms with van der Waals surface area (Å²) < 4.78 is 19.9.